The van der Waals surface area contributed by atoms with E-state index in [0.717, 1.165) is 6.07 Å². The molecule has 0 saturated heterocycles. The summed E-state index contributed by atoms with van der Waals surface area (Å²) in [6, 6.07) is 3.69. The molecule has 1 aromatic carbocycles. The number of carbonyl (C=O) groups is 1. The highest BCUT2D eigenvalue weighted by molar-refractivity contribution is 6.32. The lowest BCUT2D eigenvalue weighted by Crippen LogP contribution is -2.16. The van der Waals surface area contributed by atoms with E-state index in [-0.39, 0.29) is 17.2 Å². The molecule has 3 nitrogen and oxygen atoms in total. The Morgan fingerprint density at radius 2 is 2.33 bits per heavy atom. The SMILES string of the molecule is C[C@@H](CC(=O)O)Oc1ccc(F)cc1Cl. The van der Waals surface area contributed by atoms with E-state index in [4.69, 9.17) is 21.4 Å². The van der Waals surface area contributed by atoms with E-state index in [1.165, 1.54) is 12.1 Å². The number of hydrogen-bond acceptors (Lipinski definition) is 2. The molecule has 1 atom stereocenters. The summed E-state index contributed by atoms with van der Waals surface area (Å²) in [5.41, 5.74) is 0. The van der Waals surface area contributed by atoms with Gasteiger partial charge in [-0.3, -0.25) is 4.79 Å². The van der Waals surface area contributed by atoms with Gasteiger partial charge in [-0.1, -0.05) is 11.6 Å². The highest BCUT2D eigenvalue weighted by atomic mass is 35.5. The minimum Gasteiger partial charge on any atom is -0.489 e. The molecule has 0 aliphatic rings. The molecular weight excluding hydrogens is 223 g/mol. The topological polar surface area (TPSA) is 46.5 Å². The molecule has 1 N–H and O–H groups in total. The van der Waals surface area contributed by atoms with Crippen LogP contribution in [0.3, 0.4) is 0 Å². The van der Waals surface area contributed by atoms with Gasteiger partial charge < -0.3 is 9.84 Å². The third-order valence-electron chi connectivity index (χ3n) is 1.68. The van der Waals surface area contributed by atoms with E-state index < -0.39 is 17.9 Å². The van der Waals surface area contributed by atoms with Crippen LogP contribution in [0.1, 0.15) is 13.3 Å². The van der Waals surface area contributed by atoms with Crippen LogP contribution in [0.15, 0.2) is 18.2 Å². The number of ether oxygens (including phenoxy) is 1. The van der Waals surface area contributed by atoms with Crippen LogP contribution < -0.4 is 4.74 Å². The number of aliphatic carboxylic acids is 1. The highest BCUT2D eigenvalue weighted by Crippen LogP contribution is 2.26. The second kappa shape index (κ2) is 4.98. The van der Waals surface area contributed by atoms with Crippen LogP contribution in [0.4, 0.5) is 4.39 Å². The van der Waals surface area contributed by atoms with E-state index >= 15 is 0 Å². The fraction of sp³-hybridized carbons (Fsp3) is 0.300. The smallest absolute Gasteiger partial charge is 0.307 e. The quantitative estimate of drug-likeness (QED) is 0.868. The summed E-state index contributed by atoms with van der Waals surface area (Å²) < 4.78 is 17.9. The van der Waals surface area contributed by atoms with E-state index in [1.807, 2.05) is 0 Å². The van der Waals surface area contributed by atoms with E-state index in [1.54, 1.807) is 6.92 Å². The zero-order valence-corrected chi connectivity index (χ0v) is 8.79. The van der Waals surface area contributed by atoms with Crippen molar-refractivity contribution in [3.8, 4) is 5.75 Å². The molecule has 1 aromatic rings. The Morgan fingerprint density at radius 1 is 1.67 bits per heavy atom. The average Bonchev–Trinajstić information content (AvgIpc) is 2.08. The molecule has 82 valence electrons. The molecule has 0 aliphatic carbocycles. The van der Waals surface area contributed by atoms with E-state index in [2.05, 4.69) is 0 Å². The third-order valence-corrected chi connectivity index (χ3v) is 1.98. The molecule has 0 heterocycles. The Morgan fingerprint density at radius 3 is 2.87 bits per heavy atom. The van der Waals surface area contributed by atoms with E-state index in [0.29, 0.717) is 0 Å². The molecule has 0 amide bonds. The average molecular weight is 233 g/mol. The van der Waals surface area contributed by atoms with Gasteiger partial charge in [-0.2, -0.15) is 0 Å². The lowest BCUT2D eigenvalue weighted by molar-refractivity contribution is -0.138. The molecule has 1 rings (SSSR count). The lowest BCUT2D eigenvalue weighted by Gasteiger charge is -2.13. The van der Waals surface area contributed by atoms with Crippen molar-refractivity contribution < 1.29 is 19.0 Å². The van der Waals surface area contributed by atoms with Crippen molar-refractivity contribution in [2.75, 3.05) is 0 Å². The van der Waals surface area contributed by atoms with Crippen molar-refractivity contribution in [3.63, 3.8) is 0 Å². The van der Waals surface area contributed by atoms with Crippen LogP contribution in [0.5, 0.6) is 5.75 Å². The number of carboxylic acid groups (broad SMARTS) is 1. The molecule has 0 fully saturated rings. The van der Waals surface area contributed by atoms with Gasteiger partial charge in [-0.15, -0.1) is 0 Å². The van der Waals surface area contributed by atoms with Crippen LogP contribution in [-0.2, 0) is 4.79 Å². The van der Waals surface area contributed by atoms with Crippen molar-refractivity contribution in [2.24, 2.45) is 0 Å². The Bertz CT molecular complexity index is 368. The maximum absolute atomic E-state index is 12.7. The van der Waals surface area contributed by atoms with Gasteiger partial charge in [0.2, 0.25) is 0 Å². The first-order valence-electron chi connectivity index (χ1n) is 4.32. The van der Waals surface area contributed by atoms with Gasteiger partial charge in [0.1, 0.15) is 17.7 Å². The summed E-state index contributed by atoms with van der Waals surface area (Å²) in [5, 5.41) is 8.63. The first kappa shape index (κ1) is 11.8. The van der Waals surface area contributed by atoms with Crippen molar-refractivity contribution in [1.29, 1.82) is 0 Å². The van der Waals surface area contributed by atoms with Crippen LogP contribution >= 0.6 is 11.6 Å². The minimum absolute atomic E-state index is 0.131. The number of halogens is 2. The molecule has 15 heavy (non-hydrogen) atoms. The number of hydrogen-bond donors (Lipinski definition) is 1. The molecule has 0 unspecified atom stereocenters. The molecule has 0 radical (unpaired) electrons. The van der Waals surface area contributed by atoms with Gasteiger partial charge in [0, 0.05) is 0 Å². The van der Waals surface area contributed by atoms with Crippen molar-refractivity contribution in [2.45, 2.75) is 19.4 Å². The standard InChI is InChI=1S/C10H10ClFO3/c1-6(4-10(13)14)15-9-3-2-7(12)5-8(9)11/h2-3,5-6H,4H2,1H3,(H,13,14)/t6-/m0/s1. The Balaban J connectivity index is 2.68. The molecule has 0 saturated carbocycles. The second-order valence-corrected chi connectivity index (χ2v) is 3.51. The molecule has 0 aliphatic heterocycles. The number of carboxylic acids is 1. The minimum atomic E-state index is -0.958. The summed E-state index contributed by atoms with van der Waals surface area (Å²) in [6.45, 7) is 1.60. The van der Waals surface area contributed by atoms with Gasteiger partial charge in [-0.25, -0.2) is 4.39 Å². The highest BCUT2D eigenvalue weighted by Gasteiger charge is 2.11. The summed E-state index contributed by atoms with van der Waals surface area (Å²) in [5.74, 6) is -1.13. The molecule has 5 heteroatoms. The number of benzene rings is 1. The number of rotatable bonds is 4. The molecular formula is C10H10ClFO3. The van der Waals surface area contributed by atoms with Gasteiger partial charge in [0.05, 0.1) is 11.4 Å². The summed E-state index contributed by atoms with van der Waals surface area (Å²) in [4.78, 5) is 10.4. The molecule has 0 spiro atoms. The molecule has 0 aromatic heterocycles. The maximum atomic E-state index is 12.7. The Labute approximate surface area is 91.4 Å². The van der Waals surface area contributed by atoms with Crippen LogP contribution in [0.25, 0.3) is 0 Å². The van der Waals surface area contributed by atoms with Crippen molar-refractivity contribution >= 4 is 17.6 Å². The predicted octanol–water partition coefficient (Wildman–Crippen LogP) is 2.72. The summed E-state index contributed by atoms with van der Waals surface area (Å²) in [7, 11) is 0. The Hall–Kier alpha value is -1.29. The third kappa shape index (κ3) is 3.75. The van der Waals surface area contributed by atoms with Crippen molar-refractivity contribution in [1.82, 2.24) is 0 Å². The van der Waals surface area contributed by atoms with Gasteiger partial charge in [-0.05, 0) is 25.1 Å². The summed E-state index contributed by atoms with van der Waals surface area (Å²) >= 11 is 5.70. The Kier molecular flexibility index (Phi) is 3.91. The van der Waals surface area contributed by atoms with E-state index in [9.17, 15) is 9.18 Å². The summed E-state index contributed by atoms with van der Waals surface area (Å²) in [6.07, 6.45) is -0.640. The van der Waals surface area contributed by atoms with Crippen LogP contribution in [-0.4, -0.2) is 17.2 Å². The largest absolute Gasteiger partial charge is 0.489 e. The second-order valence-electron chi connectivity index (χ2n) is 3.10. The lowest BCUT2D eigenvalue weighted by atomic mass is 10.3. The first-order valence-corrected chi connectivity index (χ1v) is 4.70. The zero-order valence-electron chi connectivity index (χ0n) is 8.04. The first-order chi connectivity index (χ1) is 6.99. The monoisotopic (exact) mass is 232 g/mol. The van der Waals surface area contributed by atoms with Gasteiger partial charge in [0.25, 0.3) is 0 Å². The maximum Gasteiger partial charge on any atom is 0.307 e. The fourth-order valence-electron chi connectivity index (χ4n) is 1.08. The normalized spacial score (nSPS) is 12.2. The van der Waals surface area contributed by atoms with Gasteiger partial charge in [0.15, 0.2) is 0 Å². The van der Waals surface area contributed by atoms with Crippen LogP contribution in [0, 0.1) is 5.82 Å². The van der Waals surface area contributed by atoms with Crippen LogP contribution in [0.2, 0.25) is 5.02 Å². The predicted molar refractivity (Wildman–Crippen MR) is 53.8 cm³/mol. The zero-order chi connectivity index (χ0) is 11.4. The molecule has 0 bridgehead atoms. The fourth-order valence-corrected chi connectivity index (χ4v) is 1.29. The van der Waals surface area contributed by atoms with Gasteiger partial charge >= 0.3 is 5.97 Å². The van der Waals surface area contributed by atoms with Crippen molar-refractivity contribution in [3.05, 3.63) is 29.0 Å².